The van der Waals surface area contributed by atoms with Crippen molar-refractivity contribution in [2.45, 2.75) is 26.2 Å². The molecule has 0 aromatic heterocycles. The summed E-state index contributed by atoms with van der Waals surface area (Å²) in [5, 5.41) is 0. The highest BCUT2D eigenvalue weighted by molar-refractivity contribution is 5.82. The maximum absolute atomic E-state index is 11.5. The minimum Gasteiger partial charge on any atom is -0.299 e. The first-order valence-electron chi connectivity index (χ1n) is 4.90. The zero-order valence-electron chi connectivity index (χ0n) is 7.92. The van der Waals surface area contributed by atoms with Gasteiger partial charge < -0.3 is 0 Å². The van der Waals surface area contributed by atoms with E-state index in [9.17, 15) is 4.79 Å². The Morgan fingerprint density at radius 3 is 2.31 bits per heavy atom. The van der Waals surface area contributed by atoms with Crippen LogP contribution in [0.1, 0.15) is 24.5 Å². The Balaban J connectivity index is 2.18. The highest BCUT2D eigenvalue weighted by atomic mass is 16.1. The van der Waals surface area contributed by atoms with Gasteiger partial charge in [-0.05, 0) is 24.0 Å². The molecular weight excluding hydrogens is 160 g/mol. The molecule has 0 bridgehead atoms. The van der Waals surface area contributed by atoms with Gasteiger partial charge in [0.25, 0.3) is 0 Å². The molecule has 0 saturated carbocycles. The van der Waals surface area contributed by atoms with Crippen molar-refractivity contribution in [2.24, 2.45) is 5.92 Å². The molecule has 1 aromatic rings. The van der Waals surface area contributed by atoms with Crippen LogP contribution in [0.5, 0.6) is 0 Å². The molecule has 68 valence electrons. The van der Waals surface area contributed by atoms with E-state index in [0.29, 0.717) is 12.2 Å². The number of Topliss-reactive ketones (excluding diaryl/α,β-unsaturated/α-hetero) is 1. The van der Waals surface area contributed by atoms with Crippen LogP contribution in [0.4, 0.5) is 0 Å². The number of benzene rings is 1. The first-order chi connectivity index (χ1) is 6.31. The van der Waals surface area contributed by atoms with Gasteiger partial charge in [0.05, 0.1) is 0 Å². The van der Waals surface area contributed by atoms with Crippen molar-refractivity contribution in [1.29, 1.82) is 0 Å². The summed E-state index contributed by atoms with van der Waals surface area (Å²) >= 11 is 0. The van der Waals surface area contributed by atoms with Crippen molar-refractivity contribution in [3.63, 3.8) is 0 Å². The van der Waals surface area contributed by atoms with Gasteiger partial charge in [-0.1, -0.05) is 31.2 Å². The summed E-state index contributed by atoms with van der Waals surface area (Å²) in [6.07, 6.45) is 2.60. The molecule has 1 aliphatic carbocycles. The molecule has 1 aromatic carbocycles. The normalized spacial score (nSPS) is 15.8. The third kappa shape index (κ3) is 1.51. The molecule has 0 aliphatic heterocycles. The van der Waals surface area contributed by atoms with E-state index in [0.717, 1.165) is 12.8 Å². The van der Waals surface area contributed by atoms with Crippen molar-refractivity contribution in [3.05, 3.63) is 35.4 Å². The quantitative estimate of drug-likeness (QED) is 0.672. The summed E-state index contributed by atoms with van der Waals surface area (Å²) < 4.78 is 0. The highest BCUT2D eigenvalue weighted by Crippen LogP contribution is 2.27. The van der Waals surface area contributed by atoms with E-state index in [1.165, 1.54) is 11.1 Å². The van der Waals surface area contributed by atoms with Crippen LogP contribution in [-0.4, -0.2) is 5.78 Å². The van der Waals surface area contributed by atoms with Crippen LogP contribution >= 0.6 is 0 Å². The summed E-state index contributed by atoms with van der Waals surface area (Å²) in [7, 11) is 0. The smallest absolute Gasteiger partial charge is 0.136 e. The van der Waals surface area contributed by atoms with Crippen LogP contribution in [-0.2, 0) is 17.6 Å². The lowest BCUT2D eigenvalue weighted by molar-refractivity contribution is -0.122. The van der Waals surface area contributed by atoms with Gasteiger partial charge in [-0.25, -0.2) is 0 Å². The predicted molar refractivity (Wildman–Crippen MR) is 52.6 cm³/mol. The fraction of sp³-hybridized carbons (Fsp3) is 0.417. The molecule has 0 amide bonds. The molecule has 0 atom stereocenters. The number of fused-ring (bicyclic) bond motifs is 1. The van der Waals surface area contributed by atoms with Gasteiger partial charge >= 0.3 is 0 Å². The topological polar surface area (TPSA) is 17.1 Å². The Kier molecular flexibility index (Phi) is 2.17. The number of hydrogen-bond acceptors (Lipinski definition) is 1. The molecule has 0 saturated heterocycles. The number of rotatable bonds is 2. The van der Waals surface area contributed by atoms with Crippen LogP contribution in [0, 0.1) is 5.92 Å². The molecule has 0 heterocycles. The maximum Gasteiger partial charge on any atom is 0.136 e. The van der Waals surface area contributed by atoms with Crippen LogP contribution in [0.25, 0.3) is 0 Å². The van der Waals surface area contributed by atoms with E-state index in [2.05, 4.69) is 24.3 Å². The summed E-state index contributed by atoms with van der Waals surface area (Å²) in [6.45, 7) is 1.95. The van der Waals surface area contributed by atoms with Gasteiger partial charge in [-0.2, -0.15) is 0 Å². The van der Waals surface area contributed by atoms with Crippen molar-refractivity contribution in [3.8, 4) is 0 Å². The van der Waals surface area contributed by atoms with Gasteiger partial charge in [-0.15, -0.1) is 0 Å². The molecule has 1 heteroatoms. The maximum atomic E-state index is 11.5. The molecule has 13 heavy (non-hydrogen) atoms. The number of carbonyl (C=O) groups excluding carboxylic acids is 1. The second-order valence-corrected chi connectivity index (χ2v) is 3.69. The van der Waals surface area contributed by atoms with E-state index >= 15 is 0 Å². The fourth-order valence-corrected chi connectivity index (χ4v) is 2.08. The lowest BCUT2D eigenvalue weighted by Crippen LogP contribution is -2.12. The summed E-state index contributed by atoms with van der Waals surface area (Å²) in [4.78, 5) is 11.5. The molecule has 0 radical (unpaired) electrons. The lowest BCUT2D eigenvalue weighted by atomic mass is 9.99. The van der Waals surface area contributed by atoms with Gasteiger partial charge in [0.15, 0.2) is 0 Å². The first-order valence-corrected chi connectivity index (χ1v) is 4.90. The third-order valence-corrected chi connectivity index (χ3v) is 2.85. The van der Waals surface area contributed by atoms with Gasteiger partial charge in [0, 0.05) is 12.3 Å². The number of carbonyl (C=O) groups is 1. The van der Waals surface area contributed by atoms with E-state index in [-0.39, 0.29) is 5.92 Å². The Morgan fingerprint density at radius 1 is 1.31 bits per heavy atom. The predicted octanol–water partition coefficient (Wildman–Crippen LogP) is 2.38. The van der Waals surface area contributed by atoms with E-state index in [4.69, 9.17) is 0 Å². The van der Waals surface area contributed by atoms with Crippen LogP contribution < -0.4 is 0 Å². The Labute approximate surface area is 78.8 Å². The molecular formula is C12H14O. The Hall–Kier alpha value is -1.11. The molecule has 0 unspecified atom stereocenters. The lowest BCUT2D eigenvalue weighted by Gasteiger charge is -2.03. The molecule has 2 rings (SSSR count). The second kappa shape index (κ2) is 3.33. The first kappa shape index (κ1) is 8.49. The van der Waals surface area contributed by atoms with E-state index in [1.807, 2.05) is 6.92 Å². The van der Waals surface area contributed by atoms with Crippen molar-refractivity contribution >= 4 is 5.78 Å². The summed E-state index contributed by atoms with van der Waals surface area (Å²) in [5.74, 6) is 0.679. The van der Waals surface area contributed by atoms with E-state index < -0.39 is 0 Å². The monoisotopic (exact) mass is 174 g/mol. The van der Waals surface area contributed by atoms with Crippen molar-refractivity contribution in [2.75, 3.05) is 0 Å². The van der Waals surface area contributed by atoms with Crippen LogP contribution in [0.3, 0.4) is 0 Å². The Bertz CT molecular complexity index is 303. The van der Waals surface area contributed by atoms with E-state index in [1.54, 1.807) is 0 Å². The second-order valence-electron chi connectivity index (χ2n) is 3.69. The minimum absolute atomic E-state index is 0.266. The van der Waals surface area contributed by atoms with Crippen molar-refractivity contribution in [1.82, 2.24) is 0 Å². The molecule has 0 N–H and O–H groups in total. The molecule has 1 nitrogen and oxygen atoms in total. The summed E-state index contributed by atoms with van der Waals surface area (Å²) in [5.41, 5.74) is 2.74. The Morgan fingerprint density at radius 2 is 1.85 bits per heavy atom. The SMILES string of the molecule is CCC(=O)C1Cc2ccccc2C1. The fourth-order valence-electron chi connectivity index (χ4n) is 2.08. The van der Waals surface area contributed by atoms with Crippen molar-refractivity contribution < 1.29 is 4.79 Å². The third-order valence-electron chi connectivity index (χ3n) is 2.85. The van der Waals surface area contributed by atoms with Gasteiger partial charge in [0.2, 0.25) is 0 Å². The average molecular weight is 174 g/mol. The number of hydrogen-bond donors (Lipinski definition) is 0. The zero-order valence-corrected chi connectivity index (χ0v) is 7.92. The summed E-state index contributed by atoms with van der Waals surface area (Å²) in [6, 6.07) is 8.38. The van der Waals surface area contributed by atoms with Crippen LogP contribution in [0.2, 0.25) is 0 Å². The van der Waals surface area contributed by atoms with Crippen LogP contribution in [0.15, 0.2) is 24.3 Å². The zero-order chi connectivity index (χ0) is 9.26. The standard InChI is InChI=1S/C12H14O/c1-2-12(13)11-7-9-5-3-4-6-10(9)8-11/h3-6,11H,2,7-8H2,1H3. The highest BCUT2D eigenvalue weighted by Gasteiger charge is 2.25. The molecule has 0 fully saturated rings. The molecule has 0 spiro atoms. The number of ketones is 1. The van der Waals surface area contributed by atoms with Gasteiger partial charge in [0.1, 0.15) is 5.78 Å². The minimum atomic E-state index is 0.266. The average Bonchev–Trinajstić information content (AvgIpc) is 2.59. The largest absolute Gasteiger partial charge is 0.299 e. The molecule has 1 aliphatic rings. The van der Waals surface area contributed by atoms with Gasteiger partial charge in [-0.3, -0.25) is 4.79 Å².